The molecule has 1 atom stereocenters. The molecule has 1 heterocycles. The van der Waals surface area contributed by atoms with E-state index in [1.807, 2.05) is 6.07 Å². The van der Waals surface area contributed by atoms with Gasteiger partial charge in [0.05, 0.1) is 6.61 Å². The van der Waals surface area contributed by atoms with Crippen LogP contribution in [0.25, 0.3) is 0 Å². The third-order valence-corrected chi connectivity index (χ3v) is 2.67. The van der Waals surface area contributed by atoms with Gasteiger partial charge in [0.1, 0.15) is 0 Å². The van der Waals surface area contributed by atoms with Gasteiger partial charge in [0.25, 0.3) is 0 Å². The lowest BCUT2D eigenvalue weighted by atomic mass is 10.2. The third-order valence-electron chi connectivity index (χ3n) is 2.67. The molecule has 1 unspecified atom stereocenters. The Bertz CT molecular complexity index is 314. The minimum atomic E-state index is -0.138. The van der Waals surface area contributed by atoms with Crippen LogP contribution in [0.2, 0.25) is 0 Å². The predicted octanol–water partition coefficient (Wildman–Crippen LogP) is 0.369. The molecule has 14 heavy (non-hydrogen) atoms. The molecule has 1 aliphatic rings. The van der Waals surface area contributed by atoms with Crippen molar-refractivity contribution in [2.75, 3.05) is 24.6 Å². The lowest BCUT2D eigenvalue weighted by Gasteiger charge is -2.22. The minimum absolute atomic E-state index is 0.0542. The molecule has 76 valence electrons. The molecule has 0 bridgehead atoms. The van der Waals surface area contributed by atoms with Gasteiger partial charge in [0.2, 0.25) is 0 Å². The van der Waals surface area contributed by atoms with Crippen molar-refractivity contribution in [1.29, 1.82) is 0 Å². The number of benzene rings is 1. The molecular weight excluding hydrogens is 176 g/mol. The van der Waals surface area contributed by atoms with Crippen LogP contribution >= 0.6 is 0 Å². The van der Waals surface area contributed by atoms with Gasteiger partial charge in [-0.05, 0) is 18.1 Å². The maximum atomic E-state index is 8.89. The predicted molar refractivity (Wildman–Crippen MR) is 57.4 cm³/mol. The fourth-order valence-corrected chi connectivity index (χ4v) is 1.94. The van der Waals surface area contributed by atoms with Crippen LogP contribution in [0.4, 0.5) is 5.69 Å². The molecule has 0 fully saturated rings. The first-order valence-corrected chi connectivity index (χ1v) is 5.00. The van der Waals surface area contributed by atoms with Crippen LogP contribution < -0.4 is 10.6 Å². The molecule has 3 N–H and O–H groups in total. The zero-order valence-corrected chi connectivity index (χ0v) is 8.19. The molecule has 0 aliphatic carbocycles. The van der Waals surface area contributed by atoms with E-state index in [9.17, 15) is 0 Å². The van der Waals surface area contributed by atoms with Gasteiger partial charge in [0.15, 0.2) is 0 Å². The Morgan fingerprint density at radius 1 is 1.43 bits per heavy atom. The molecular formula is C11H16N2O. The first kappa shape index (κ1) is 9.49. The highest BCUT2D eigenvalue weighted by Crippen LogP contribution is 2.26. The number of anilines is 1. The Hall–Kier alpha value is -1.06. The zero-order valence-electron chi connectivity index (χ0n) is 8.19. The minimum Gasteiger partial charge on any atom is -0.395 e. The number of fused-ring (bicyclic) bond motifs is 1. The van der Waals surface area contributed by atoms with Crippen LogP contribution in [0.1, 0.15) is 5.56 Å². The van der Waals surface area contributed by atoms with Gasteiger partial charge >= 0.3 is 0 Å². The number of rotatable bonds is 3. The highest BCUT2D eigenvalue weighted by atomic mass is 16.3. The van der Waals surface area contributed by atoms with Crippen molar-refractivity contribution in [1.82, 2.24) is 0 Å². The molecule has 3 nitrogen and oxygen atoms in total. The molecule has 3 heteroatoms. The summed E-state index contributed by atoms with van der Waals surface area (Å²) in [5.41, 5.74) is 8.38. The van der Waals surface area contributed by atoms with Crippen molar-refractivity contribution in [2.45, 2.75) is 12.5 Å². The standard InChI is InChI=1S/C11H16N2O/c12-10(8-14)7-13-6-5-9-3-1-2-4-11(9)13/h1-4,10,14H,5-8,12H2. The van der Waals surface area contributed by atoms with E-state index in [4.69, 9.17) is 10.8 Å². The van der Waals surface area contributed by atoms with E-state index < -0.39 is 0 Å². The molecule has 1 aliphatic heterocycles. The number of nitrogens with two attached hydrogens (primary N) is 1. The summed E-state index contributed by atoms with van der Waals surface area (Å²) in [4.78, 5) is 2.25. The van der Waals surface area contributed by atoms with Gasteiger partial charge in [-0.25, -0.2) is 0 Å². The van der Waals surface area contributed by atoms with Crippen molar-refractivity contribution in [3.8, 4) is 0 Å². The van der Waals surface area contributed by atoms with Crippen molar-refractivity contribution < 1.29 is 5.11 Å². The van der Waals surface area contributed by atoms with E-state index in [1.165, 1.54) is 11.3 Å². The molecule has 0 saturated heterocycles. The fourth-order valence-electron chi connectivity index (χ4n) is 1.94. The van der Waals surface area contributed by atoms with Gasteiger partial charge < -0.3 is 15.7 Å². The lowest BCUT2D eigenvalue weighted by molar-refractivity contribution is 0.267. The molecule has 1 aromatic rings. The fraction of sp³-hybridized carbons (Fsp3) is 0.455. The van der Waals surface area contributed by atoms with Gasteiger partial charge in [0, 0.05) is 24.8 Å². The quantitative estimate of drug-likeness (QED) is 0.727. The summed E-state index contributed by atoms with van der Waals surface area (Å²) in [7, 11) is 0. The average Bonchev–Trinajstić information content (AvgIpc) is 2.62. The zero-order chi connectivity index (χ0) is 9.97. The van der Waals surface area contributed by atoms with E-state index in [1.54, 1.807) is 0 Å². The number of hydrogen-bond acceptors (Lipinski definition) is 3. The van der Waals surface area contributed by atoms with Crippen LogP contribution in [0.3, 0.4) is 0 Å². The van der Waals surface area contributed by atoms with Gasteiger partial charge in [-0.1, -0.05) is 18.2 Å². The van der Waals surface area contributed by atoms with Crippen LogP contribution in [-0.2, 0) is 6.42 Å². The van der Waals surface area contributed by atoms with E-state index in [-0.39, 0.29) is 12.6 Å². The van der Waals surface area contributed by atoms with Crippen molar-refractivity contribution in [2.24, 2.45) is 5.73 Å². The maximum absolute atomic E-state index is 8.89. The smallest absolute Gasteiger partial charge is 0.0599 e. The summed E-state index contributed by atoms with van der Waals surface area (Å²) in [5, 5.41) is 8.89. The van der Waals surface area contributed by atoms with Crippen LogP contribution in [0.5, 0.6) is 0 Å². The van der Waals surface area contributed by atoms with Crippen molar-refractivity contribution in [3.63, 3.8) is 0 Å². The Morgan fingerprint density at radius 3 is 3.00 bits per heavy atom. The summed E-state index contributed by atoms with van der Waals surface area (Å²) in [6.07, 6.45) is 1.09. The molecule has 0 spiro atoms. The number of nitrogens with zero attached hydrogens (tertiary/aromatic N) is 1. The van der Waals surface area contributed by atoms with Gasteiger partial charge in [-0.15, -0.1) is 0 Å². The summed E-state index contributed by atoms with van der Waals surface area (Å²) < 4.78 is 0. The SMILES string of the molecule is NC(CO)CN1CCc2ccccc21. The Kier molecular flexibility index (Phi) is 2.70. The van der Waals surface area contributed by atoms with Gasteiger partial charge in [-0.3, -0.25) is 0 Å². The van der Waals surface area contributed by atoms with Crippen LogP contribution in [0.15, 0.2) is 24.3 Å². The normalized spacial score (nSPS) is 16.9. The Morgan fingerprint density at radius 2 is 2.21 bits per heavy atom. The largest absolute Gasteiger partial charge is 0.395 e. The summed E-state index contributed by atoms with van der Waals surface area (Å²) >= 11 is 0. The third kappa shape index (κ3) is 1.74. The first-order valence-electron chi connectivity index (χ1n) is 5.00. The summed E-state index contributed by atoms with van der Waals surface area (Å²) in [5.74, 6) is 0. The second-order valence-electron chi connectivity index (χ2n) is 3.77. The topological polar surface area (TPSA) is 49.5 Å². The molecule has 0 saturated carbocycles. The maximum Gasteiger partial charge on any atom is 0.0599 e. The monoisotopic (exact) mass is 192 g/mol. The average molecular weight is 192 g/mol. The molecule has 1 aromatic carbocycles. The van der Waals surface area contributed by atoms with Gasteiger partial charge in [-0.2, -0.15) is 0 Å². The van der Waals surface area contributed by atoms with Crippen molar-refractivity contribution in [3.05, 3.63) is 29.8 Å². The lowest BCUT2D eigenvalue weighted by Crippen LogP contribution is -2.39. The number of aliphatic hydroxyl groups excluding tert-OH is 1. The van der Waals surface area contributed by atoms with Crippen LogP contribution in [0, 0.1) is 0 Å². The molecule has 0 radical (unpaired) electrons. The Labute approximate surface area is 84.1 Å². The second-order valence-corrected chi connectivity index (χ2v) is 3.77. The highest BCUT2D eigenvalue weighted by molar-refractivity contribution is 5.57. The summed E-state index contributed by atoms with van der Waals surface area (Å²) in [6, 6.07) is 8.24. The second kappa shape index (κ2) is 3.98. The number of para-hydroxylation sites is 1. The number of hydrogen-bond donors (Lipinski definition) is 2. The number of aliphatic hydroxyl groups is 1. The summed E-state index contributed by atoms with van der Waals surface area (Å²) in [6.45, 7) is 1.82. The molecule has 2 rings (SSSR count). The highest BCUT2D eigenvalue weighted by Gasteiger charge is 2.19. The van der Waals surface area contributed by atoms with E-state index in [0.717, 1.165) is 19.5 Å². The van der Waals surface area contributed by atoms with E-state index in [0.29, 0.717) is 0 Å². The van der Waals surface area contributed by atoms with Crippen LogP contribution in [-0.4, -0.2) is 30.8 Å². The molecule has 0 aromatic heterocycles. The Balaban J connectivity index is 2.10. The molecule has 0 amide bonds. The van der Waals surface area contributed by atoms with Crippen molar-refractivity contribution >= 4 is 5.69 Å². The first-order chi connectivity index (χ1) is 6.81. The van der Waals surface area contributed by atoms with E-state index >= 15 is 0 Å². The van der Waals surface area contributed by atoms with E-state index in [2.05, 4.69) is 23.1 Å².